The van der Waals surface area contributed by atoms with Gasteiger partial charge in [0, 0.05) is 23.7 Å². The Balaban J connectivity index is 1.90. The zero-order valence-corrected chi connectivity index (χ0v) is 14.3. The second-order valence-corrected chi connectivity index (χ2v) is 6.04. The molecule has 0 amide bonds. The molecule has 5 nitrogen and oxygen atoms in total. The van der Waals surface area contributed by atoms with Crippen LogP contribution in [0.2, 0.25) is 0 Å². The van der Waals surface area contributed by atoms with E-state index in [0.717, 1.165) is 42.5 Å². The van der Waals surface area contributed by atoms with Gasteiger partial charge in [0.15, 0.2) is 0 Å². The number of hydrogen-bond donors (Lipinski definition) is 0. The molecular formula is C18H24N2O3. The number of benzene rings is 1. The first-order valence-electron chi connectivity index (χ1n) is 8.01. The van der Waals surface area contributed by atoms with Gasteiger partial charge >= 0.3 is 0 Å². The van der Waals surface area contributed by atoms with Gasteiger partial charge in [-0.25, -0.2) is 0 Å². The van der Waals surface area contributed by atoms with Crippen molar-refractivity contribution in [2.24, 2.45) is 0 Å². The van der Waals surface area contributed by atoms with Gasteiger partial charge in [-0.2, -0.15) is 0 Å². The molecule has 23 heavy (non-hydrogen) atoms. The molecule has 0 bridgehead atoms. The Morgan fingerprint density at radius 1 is 1.26 bits per heavy atom. The first kappa shape index (κ1) is 15.9. The number of aryl methyl sites for hydroxylation is 2. The fourth-order valence-electron chi connectivity index (χ4n) is 3.40. The number of nitrogens with zero attached hydrogens (tertiary/aromatic N) is 2. The summed E-state index contributed by atoms with van der Waals surface area (Å²) in [6.45, 7) is 5.90. The van der Waals surface area contributed by atoms with Crippen LogP contribution < -0.4 is 9.47 Å². The van der Waals surface area contributed by atoms with Gasteiger partial charge in [0.25, 0.3) is 0 Å². The third kappa shape index (κ3) is 3.06. The molecule has 1 saturated heterocycles. The summed E-state index contributed by atoms with van der Waals surface area (Å²) in [7, 11) is 3.42. The second kappa shape index (κ2) is 6.62. The molecule has 0 N–H and O–H groups in total. The highest BCUT2D eigenvalue weighted by molar-refractivity contribution is 5.42. The summed E-state index contributed by atoms with van der Waals surface area (Å²) in [6.07, 6.45) is 2.29. The lowest BCUT2D eigenvalue weighted by molar-refractivity contribution is 0.240. The maximum Gasteiger partial charge on any atom is 0.138 e. The average Bonchev–Trinajstić information content (AvgIpc) is 3.16. The highest BCUT2D eigenvalue weighted by Gasteiger charge is 2.30. The molecule has 0 unspecified atom stereocenters. The van der Waals surface area contributed by atoms with Crippen molar-refractivity contribution in [2.45, 2.75) is 39.3 Å². The van der Waals surface area contributed by atoms with Crippen molar-refractivity contribution < 1.29 is 14.0 Å². The average molecular weight is 316 g/mol. The Morgan fingerprint density at radius 3 is 2.74 bits per heavy atom. The maximum atomic E-state index is 5.58. The summed E-state index contributed by atoms with van der Waals surface area (Å²) in [5, 5.41) is 4.07. The molecule has 0 spiro atoms. The zero-order valence-electron chi connectivity index (χ0n) is 14.3. The van der Waals surface area contributed by atoms with Crippen molar-refractivity contribution in [1.29, 1.82) is 0 Å². The van der Waals surface area contributed by atoms with E-state index in [4.69, 9.17) is 14.0 Å². The minimum atomic E-state index is 0.328. The monoisotopic (exact) mass is 316 g/mol. The molecule has 1 fully saturated rings. The van der Waals surface area contributed by atoms with Crippen LogP contribution in [0.1, 0.15) is 41.5 Å². The van der Waals surface area contributed by atoms with Crippen LogP contribution in [0.5, 0.6) is 11.5 Å². The van der Waals surface area contributed by atoms with Gasteiger partial charge in [0.2, 0.25) is 0 Å². The van der Waals surface area contributed by atoms with Gasteiger partial charge < -0.3 is 14.0 Å². The standard InChI is InChI=1S/C18H24N2O3/c1-12-16(13(2)23-19-12)11-20-9-5-6-17(20)15-10-14(21-3)7-8-18(15)22-4/h7-8,10,17H,5-6,9,11H2,1-4H3/t17-/m1/s1. The topological polar surface area (TPSA) is 47.7 Å². The molecule has 2 aromatic rings. The molecule has 0 radical (unpaired) electrons. The lowest BCUT2D eigenvalue weighted by Crippen LogP contribution is -2.23. The van der Waals surface area contributed by atoms with E-state index in [-0.39, 0.29) is 0 Å². The minimum Gasteiger partial charge on any atom is -0.497 e. The van der Waals surface area contributed by atoms with Crippen LogP contribution in [0.15, 0.2) is 22.7 Å². The van der Waals surface area contributed by atoms with Gasteiger partial charge in [-0.1, -0.05) is 5.16 Å². The minimum absolute atomic E-state index is 0.328. The number of aromatic nitrogens is 1. The summed E-state index contributed by atoms with van der Waals surface area (Å²) < 4.78 is 16.3. The number of methoxy groups -OCH3 is 2. The number of ether oxygens (including phenoxy) is 2. The van der Waals surface area contributed by atoms with Crippen LogP contribution in [-0.4, -0.2) is 30.8 Å². The summed E-state index contributed by atoms with van der Waals surface area (Å²) >= 11 is 0. The predicted molar refractivity (Wildman–Crippen MR) is 87.9 cm³/mol. The molecule has 1 aliphatic rings. The SMILES string of the molecule is COc1ccc(OC)c([C@H]2CCCN2Cc2c(C)noc2C)c1. The van der Waals surface area contributed by atoms with Gasteiger partial charge in [0.1, 0.15) is 17.3 Å². The Bertz CT molecular complexity index is 661. The molecule has 1 atom stereocenters. The van der Waals surface area contributed by atoms with E-state index in [0.29, 0.717) is 6.04 Å². The van der Waals surface area contributed by atoms with Crippen molar-refractivity contribution in [1.82, 2.24) is 10.1 Å². The van der Waals surface area contributed by atoms with Gasteiger partial charge in [0.05, 0.1) is 19.9 Å². The van der Waals surface area contributed by atoms with Gasteiger partial charge in [-0.15, -0.1) is 0 Å². The third-order valence-corrected chi connectivity index (χ3v) is 4.70. The van der Waals surface area contributed by atoms with E-state index < -0.39 is 0 Å². The molecule has 1 aromatic carbocycles. The van der Waals surface area contributed by atoms with Gasteiger partial charge in [-0.3, -0.25) is 4.90 Å². The number of likely N-dealkylation sites (tertiary alicyclic amines) is 1. The summed E-state index contributed by atoms with van der Waals surface area (Å²) in [5.41, 5.74) is 3.36. The summed E-state index contributed by atoms with van der Waals surface area (Å²) in [4.78, 5) is 2.48. The molecule has 5 heteroatoms. The third-order valence-electron chi connectivity index (χ3n) is 4.70. The van der Waals surface area contributed by atoms with Crippen LogP contribution in [-0.2, 0) is 6.54 Å². The first-order chi connectivity index (χ1) is 11.1. The predicted octanol–water partition coefficient (Wildman–Crippen LogP) is 3.65. The van der Waals surface area contributed by atoms with Crippen molar-refractivity contribution in [3.63, 3.8) is 0 Å². The second-order valence-electron chi connectivity index (χ2n) is 6.04. The Morgan fingerprint density at radius 2 is 2.09 bits per heavy atom. The van der Waals surface area contributed by atoms with Crippen LogP contribution in [0.4, 0.5) is 0 Å². The van der Waals surface area contributed by atoms with Crippen molar-refractivity contribution in [3.8, 4) is 11.5 Å². The molecule has 3 rings (SSSR count). The molecule has 0 saturated carbocycles. The first-order valence-corrected chi connectivity index (χ1v) is 8.01. The Kier molecular flexibility index (Phi) is 4.57. The van der Waals surface area contributed by atoms with Crippen molar-refractivity contribution in [3.05, 3.63) is 40.8 Å². The lowest BCUT2D eigenvalue weighted by Gasteiger charge is -2.26. The van der Waals surface area contributed by atoms with E-state index in [9.17, 15) is 0 Å². The Labute approximate surface area is 137 Å². The fourth-order valence-corrected chi connectivity index (χ4v) is 3.40. The largest absolute Gasteiger partial charge is 0.497 e. The number of rotatable bonds is 5. The van der Waals surface area contributed by atoms with E-state index in [1.54, 1.807) is 14.2 Å². The molecule has 124 valence electrons. The fraction of sp³-hybridized carbons (Fsp3) is 0.500. The van der Waals surface area contributed by atoms with Crippen molar-refractivity contribution in [2.75, 3.05) is 20.8 Å². The highest BCUT2D eigenvalue weighted by atomic mass is 16.5. The molecule has 1 aliphatic heterocycles. The maximum absolute atomic E-state index is 5.58. The number of hydrogen-bond acceptors (Lipinski definition) is 5. The van der Waals surface area contributed by atoms with E-state index in [1.165, 1.54) is 17.5 Å². The van der Waals surface area contributed by atoms with E-state index in [2.05, 4.69) is 16.1 Å². The zero-order chi connectivity index (χ0) is 16.4. The highest BCUT2D eigenvalue weighted by Crippen LogP contribution is 2.39. The van der Waals surface area contributed by atoms with Crippen LogP contribution in [0.25, 0.3) is 0 Å². The van der Waals surface area contributed by atoms with Crippen molar-refractivity contribution >= 4 is 0 Å². The van der Waals surface area contributed by atoms with Crippen LogP contribution in [0, 0.1) is 13.8 Å². The van der Waals surface area contributed by atoms with Crippen LogP contribution in [0.3, 0.4) is 0 Å². The molecule has 0 aliphatic carbocycles. The molecular weight excluding hydrogens is 292 g/mol. The normalized spacial score (nSPS) is 18.3. The Hall–Kier alpha value is -2.01. The summed E-state index contributed by atoms with van der Waals surface area (Å²) in [5.74, 6) is 2.69. The van der Waals surface area contributed by atoms with E-state index in [1.807, 2.05) is 26.0 Å². The quantitative estimate of drug-likeness (QED) is 0.842. The van der Waals surface area contributed by atoms with Crippen LogP contribution >= 0.6 is 0 Å². The van der Waals surface area contributed by atoms with E-state index >= 15 is 0 Å². The lowest BCUT2D eigenvalue weighted by atomic mass is 10.0. The molecule has 1 aromatic heterocycles. The van der Waals surface area contributed by atoms with Gasteiger partial charge in [-0.05, 0) is 51.4 Å². The molecule has 2 heterocycles. The smallest absolute Gasteiger partial charge is 0.138 e. The summed E-state index contributed by atoms with van der Waals surface area (Å²) in [6, 6.07) is 6.35.